The summed E-state index contributed by atoms with van der Waals surface area (Å²) in [5.74, 6) is 0.179. The van der Waals surface area contributed by atoms with E-state index in [-0.39, 0.29) is 5.75 Å². The van der Waals surface area contributed by atoms with Gasteiger partial charge in [-0.2, -0.15) is 0 Å². The Labute approximate surface area is 94.1 Å². The predicted octanol–water partition coefficient (Wildman–Crippen LogP) is 2.66. The summed E-state index contributed by atoms with van der Waals surface area (Å²) in [6, 6.07) is 9.08. The summed E-state index contributed by atoms with van der Waals surface area (Å²) in [5.41, 5.74) is 2.27. The number of aromatic hydroxyl groups is 1. The zero-order valence-electron chi connectivity index (χ0n) is 8.96. The molecular formula is C13H12N2O. The van der Waals surface area contributed by atoms with Crippen LogP contribution in [-0.4, -0.2) is 15.1 Å². The highest BCUT2D eigenvalue weighted by atomic mass is 16.3. The molecular weight excluding hydrogens is 200 g/mol. The molecule has 0 saturated carbocycles. The van der Waals surface area contributed by atoms with E-state index < -0.39 is 0 Å². The maximum absolute atomic E-state index is 9.58. The Kier molecular flexibility index (Phi) is 2.96. The standard InChI is InChI=1S/C13H12N2O/c1-10-5-8-13(16)12(15-10)7-6-11-4-2-3-9-14-11/h2-9,16H,1H3. The lowest BCUT2D eigenvalue weighted by molar-refractivity contribution is 0.471. The first-order chi connectivity index (χ1) is 7.75. The molecule has 0 atom stereocenters. The summed E-state index contributed by atoms with van der Waals surface area (Å²) >= 11 is 0. The Bertz CT molecular complexity index is 507. The summed E-state index contributed by atoms with van der Waals surface area (Å²) in [6.07, 6.45) is 5.30. The molecule has 2 rings (SSSR count). The number of rotatable bonds is 2. The zero-order chi connectivity index (χ0) is 11.4. The van der Waals surface area contributed by atoms with E-state index >= 15 is 0 Å². The van der Waals surface area contributed by atoms with Crippen LogP contribution in [0.15, 0.2) is 36.5 Å². The third-order valence-corrected chi connectivity index (χ3v) is 2.14. The quantitative estimate of drug-likeness (QED) is 0.832. The van der Waals surface area contributed by atoms with Crippen LogP contribution in [-0.2, 0) is 0 Å². The molecule has 0 unspecified atom stereocenters. The highest BCUT2D eigenvalue weighted by molar-refractivity contribution is 5.68. The lowest BCUT2D eigenvalue weighted by Gasteiger charge is -1.99. The van der Waals surface area contributed by atoms with Gasteiger partial charge in [-0.3, -0.25) is 4.98 Å². The maximum Gasteiger partial charge on any atom is 0.141 e. The van der Waals surface area contributed by atoms with Crippen molar-refractivity contribution in [2.24, 2.45) is 0 Å². The van der Waals surface area contributed by atoms with Gasteiger partial charge in [-0.15, -0.1) is 0 Å². The summed E-state index contributed by atoms with van der Waals surface area (Å²) in [7, 11) is 0. The third kappa shape index (κ3) is 2.45. The van der Waals surface area contributed by atoms with E-state index in [4.69, 9.17) is 0 Å². The van der Waals surface area contributed by atoms with Gasteiger partial charge in [-0.1, -0.05) is 6.07 Å². The molecule has 3 heteroatoms. The fourth-order valence-electron chi connectivity index (χ4n) is 1.33. The van der Waals surface area contributed by atoms with E-state index in [1.165, 1.54) is 0 Å². The van der Waals surface area contributed by atoms with Gasteiger partial charge in [0, 0.05) is 11.9 Å². The Morgan fingerprint density at radius 2 is 2.00 bits per heavy atom. The number of hydrogen-bond acceptors (Lipinski definition) is 3. The van der Waals surface area contributed by atoms with Gasteiger partial charge in [0.05, 0.1) is 5.69 Å². The molecule has 2 aromatic rings. The van der Waals surface area contributed by atoms with Crippen molar-refractivity contribution >= 4 is 12.2 Å². The zero-order valence-corrected chi connectivity index (χ0v) is 8.96. The van der Waals surface area contributed by atoms with Crippen LogP contribution >= 0.6 is 0 Å². The van der Waals surface area contributed by atoms with Crippen LogP contribution < -0.4 is 0 Å². The topological polar surface area (TPSA) is 46.0 Å². The van der Waals surface area contributed by atoms with Crippen LogP contribution in [0.4, 0.5) is 0 Å². The second-order valence-electron chi connectivity index (χ2n) is 3.44. The van der Waals surface area contributed by atoms with Crippen molar-refractivity contribution in [3.05, 3.63) is 53.6 Å². The van der Waals surface area contributed by atoms with Crippen LogP contribution in [0, 0.1) is 6.92 Å². The number of pyridine rings is 2. The molecule has 1 N–H and O–H groups in total. The molecule has 2 heterocycles. The van der Waals surface area contributed by atoms with Crippen molar-refractivity contribution in [3.63, 3.8) is 0 Å². The SMILES string of the molecule is Cc1ccc(O)c(C=Cc2ccccn2)n1. The van der Waals surface area contributed by atoms with Crippen molar-refractivity contribution in [2.45, 2.75) is 6.92 Å². The Balaban J connectivity index is 2.27. The first-order valence-corrected chi connectivity index (χ1v) is 5.01. The van der Waals surface area contributed by atoms with Crippen molar-refractivity contribution in [2.75, 3.05) is 0 Å². The fourth-order valence-corrected chi connectivity index (χ4v) is 1.33. The van der Waals surface area contributed by atoms with Crippen molar-refractivity contribution < 1.29 is 5.11 Å². The summed E-state index contributed by atoms with van der Waals surface area (Å²) in [6.45, 7) is 1.89. The second kappa shape index (κ2) is 4.57. The summed E-state index contributed by atoms with van der Waals surface area (Å²) in [4.78, 5) is 8.37. The first-order valence-electron chi connectivity index (χ1n) is 5.01. The second-order valence-corrected chi connectivity index (χ2v) is 3.44. The van der Waals surface area contributed by atoms with E-state index in [0.717, 1.165) is 11.4 Å². The van der Waals surface area contributed by atoms with Crippen molar-refractivity contribution in [1.29, 1.82) is 0 Å². The third-order valence-electron chi connectivity index (χ3n) is 2.14. The molecule has 2 aromatic heterocycles. The van der Waals surface area contributed by atoms with E-state index in [1.54, 1.807) is 24.4 Å². The van der Waals surface area contributed by atoms with Gasteiger partial charge in [-0.25, -0.2) is 4.98 Å². The lowest BCUT2D eigenvalue weighted by Crippen LogP contribution is -1.85. The predicted molar refractivity (Wildman–Crippen MR) is 63.8 cm³/mol. The van der Waals surface area contributed by atoms with Crippen LogP contribution in [0.3, 0.4) is 0 Å². The van der Waals surface area contributed by atoms with Gasteiger partial charge >= 0.3 is 0 Å². The molecule has 0 bridgehead atoms. The molecule has 16 heavy (non-hydrogen) atoms. The smallest absolute Gasteiger partial charge is 0.141 e. The lowest BCUT2D eigenvalue weighted by atomic mass is 10.2. The van der Waals surface area contributed by atoms with Crippen LogP contribution in [0.2, 0.25) is 0 Å². The average Bonchev–Trinajstić information content (AvgIpc) is 2.32. The van der Waals surface area contributed by atoms with Gasteiger partial charge in [0.25, 0.3) is 0 Å². The first kappa shape index (κ1) is 10.4. The van der Waals surface area contributed by atoms with E-state index in [1.807, 2.05) is 31.2 Å². The molecule has 80 valence electrons. The number of aromatic nitrogens is 2. The molecule has 0 aliphatic carbocycles. The Morgan fingerprint density at radius 3 is 2.75 bits per heavy atom. The minimum Gasteiger partial charge on any atom is -0.506 e. The average molecular weight is 212 g/mol. The number of aryl methyl sites for hydroxylation is 1. The molecule has 0 aliphatic heterocycles. The van der Waals surface area contributed by atoms with Crippen molar-refractivity contribution in [1.82, 2.24) is 9.97 Å². The molecule has 0 fully saturated rings. The van der Waals surface area contributed by atoms with Gasteiger partial charge in [0.15, 0.2) is 0 Å². The normalized spacial score (nSPS) is 10.8. The van der Waals surface area contributed by atoms with Gasteiger partial charge in [0.2, 0.25) is 0 Å². The van der Waals surface area contributed by atoms with Gasteiger partial charge in [0.1, 0.15) is 11.4 Å². The summed E-state index contributed by atoms with van der Waals surface area (Å²) in [5, 5.41) is 9.58. The minimum absolute atomic E-state index is 0.179. The van der Waals surface area contributed by atoms with Crippen molar-refractivity contribution in [3.8, 4) is 5.75 Å². The van der Waals surface area contributed by atoms with Crippen LogP contribution in [0.1, 0.15) is 17.1 Å². The fraction of sp³-hybridized carbons (Fsp3) is 0.0769. The van der Waals surface area contributed by atoms with E-state index in [0.29, 0.717) is 5.69 Å². The van der Waals surface area contributed by atoms with Gasteiger partial charge in [-0.05, 0) is 43.3 Å². The highest BCUT2D eigenvalue weighted by Gasteiger charge is 1.98. The maximum atomic E-state index is 9.58. The molecule has 0 radical (unpaired) electrons. The largest absolute Gasteiger partial charge is 0.506 e. The molecule has 0 aromatic carbocycles. The molecule has 0 spiro atoms. The van der Waals surface area contributed by atoms with Crippen LogP contribution in [0.25, 0.3) is 12.2 Å². The van der Waals surface area contributed by atoms with E-state index in [9.17, 15) is 5.11 Å². The molecule has 0 amide bonds. The molecule has 3 nitrogen and oxygen atoms in total. The highest BCUT2D eigenvalue weighted by Crippen LogP contribution is 2.17. The van der Waals surface area contributed by atoms with Gasteiger partial charge < -0.3 is 5.11 Å². The Hall–Kier alpha value is -2.16. The van der Waals surface area contributed by atoms with E-state index in [2.05, 4.69) is 9.97 Å². The molecule has 0 saturated heterocycles. The monoisotopic (exact) mass is 212 g/mol. The number of nitrogens with zero attached hydrogens (tertiary/aromatic N) is 2. The minimum atomic E-state index is 0.179. The summed E-state index contributed by atoms with van der Waals surface area (Å²) < 4.78 is 0. The number of hydrogen-bond donors (Lipinski definition) is 1. The van der Waals surface area contributed by atoms with Crippen LogP contribution in [0.5, 0.6) is 5.75 Å². The Morgan fingerprint density at radius 1 is 1.12 bits per heavy atom. The molecule has 0 aliphatic rings.